The van der Waals surface area contributed by atoms with Crippen LogP contribution in [0.3, 0.4) is 0 Å². The van der Waals surface area contributed by atoms with Crippen molar-refractivity contribution in [1.29, 1.82) is 5.26 Å². The predicted octanol–water partition coefficient (Wildman–Crippen LogP) is 6.56. The Balaban J connectivity index is 1.53. The first kappa shape index (κ1) is 25.9. The molecule has 0 aliphatic rings. The van der Waals surface area contributed by atoms with Crippen LogP contribution in [-0.2, 0) is 6.61 Å². The number of fused-ring (bicyclic) bond motifs is 1. The van der Waals surface area contributed by atoms with E-state index in [9.17, 15) is 10.1 Å². The van der Waals surface area contributed by atoms with Crippen LogP contribution in [0.5, 0.6) is 11.5 Å². The molecule has 5 rings (SSSR count). The van der Waals surface area contributed by atoms with Crippen LogP contribution in [0, 0.1) is 11.3 Å². The van der Waals surface area contributed by atoms with E-state index in [1.807, 2.05) is 73.7 Å². The number of nitrogens with zero attached hydrogens (tertiary/aromatic N) is 4. The maximum absolute atomic E-state index is 13.4. The first-order valence-electron chi connectivity index (χ1n) is 12.3. The van der Waals surface area contributed by atoms with Crippen LogP contribution in [0.2, 0.25) is 0 Å². The number of aromatic nitrogens is 2. The molecular weight excluding hydrogens is 556 g/mol. The van der Waals surface area contributed by atoms with Crippen molar-refractivity contribution in [2.75, 3.05) is 6.61 Å². The highest BCUT2D eigenvalue weighted by molar-refractivity contribution is 9.10. The second kappa shape index (κ2) is 11.8. The molecule has 0 unspecified atom stereocenters. The van der Waals surface area contributed by atoms with Crippen LogP contribution in [0.25, 0.3) is 22.3 Å². The summed E-state index contributed by atoms with van der Waals surface area (Å²) in [4.78, 5) is 18.2. The number of hydrogen-bond donors (Lipinski definition) is 0. The van der Waals surface area contributed by atoms with E-state index in [-0.39, 0.29) is 12.2 Å². The van der Waals surface area contributed by atoms with Crippen LogP contribution in [0.1, 0.15) is 23.6 Å². The number of benzene rings is 4. The molecule has 7 nitrogen and oxygen atoms in total. The Morgan fingerprint density at radius 1 is 1.00 bits per heavy atom. The standard InChI is InChI=1S/C31H23BrN4O3/c1-2-38-28-17-21(16-26(32)29(28)39-20-24-13-7-6-12-23(24)18-33)19-34-36-30(22-10-4-3-5-11-22)35-27-15-9-8-14-25(27)31(36)37/h3-17,19H,2,20H2,1H3. The van der Waals surface area contributed by atoms with Crippen molar-refractivity contribution in [1.82, 2.24) is 9.66 Å². The van der Waals surface area contributed by atoms with E-state index >= 15 is 0 Å². The molecule has 5 aromatic rings. The van der Waals surface area contributed by atoms with E-state index < -0.39 is 0 Å². The number of nitriles is 1. The fourth-order valence-corrected chi connectivity index (χ4v) is 4.67. The molecule has 0 spiro atoms. The SMILES string of the molecule is CCOc1cc(C=Nn2c(-c3ccccc3)nc3ccccc3c2=O)cc(Br)c1OCc1ccccc1C#N. The molecule has 0 aliphatic heterocycles. The maximum atomic E-state index is 13.4. The highest BCUT2D eigenvalue weighted by Gasteiger charge is 2.15. The van der Waals surface area contributed by atoms with Gasteiger partial charge in [0.15, 0.2) is 17.3 Å². The summed E-state index contributed by atoms with van der Waals surface area (Å²) in [5.74, 6) is 1.46. The Morgan fingerprint density at radius 3 is 2.54 bits per heavy atom. The van der Waals surface area contributed by atoms with Gasteiger partial charge < -0.3 is 9.47 Å². The minimum Gasteiger partial charge on any atom is -0.490 e. The third-order valence-corrected chi connectivity index (χ3v) is 6.54. The predicted molar refractivity (Wildman–Crippen MR) is 155 cm³/mol. The number of ether oxygens (including phenoxy) is 2. The molecule has 1 heterocycles. The van der Waals surface area contributed by atoms with E-state index in [0.717, 1.165) is 11.1 Å². The smallest absolute Gasteiger partial charge is 0.282 e. The van der Waals surface area contributed by atoms with Gasteiger partial charge in [-0.1, -0.05) is 60.7 Å². The number of para-hydroxylation sites is 1. The van der Waals surface area contributed by atoms with Crippen molar-refractivity contribution in [3.8, 4) is 29.0 Å². The summed E-state index contributed by atoms with van der Waals surface area (Å²) in [6.07, 6.45) is 1.59. The van der Waals surface area contributed by atoms with E-state index in [2.05, 4.69) is 27.1 Å². The second-order valence-corrected chi connectivity index (χ2v) is 9.36. The number of halogens is 1. The van der Waals surface area contributed by atoms with Crippen LogP contribution in [0.15, 0.2) is 105 Å². The molecule has 0 bridgehead atoms. The Morgan fingerprint density at radius 2 is 1.74 bits per heavy atom. The molecule has 4 aromatic carbocycles. The van der Waals surface area contributed by atoms with Gasteiger partial charge >= 0.3 is 0 Å². The Kier molecular flexibility index (Phi) is 7.80. The Hall–Kier alpha value is -4.74. The molecule has 0 aliphatic carbocycles. The van der Waals surface area contributed by atoms with Gasteiger partial charge in [-0.15, -0.1) is 0 Å². The van der Waals surface area contributed by atoms with Gasteiger partial charge in [0.25, 0.3) is 5.56 Å². The molecular formula is C31H23BrN4O3. The van der Waals surface area contributed by atoms with E-state index in [1.54, 1.807) is 30.5 Å². The molecule has 1 aromatic heterocycles. The largest absolute Gasteiger partial charge is 0.490 e. The molecule has 8 heteroatoms. The van der Waals surface area contributed by atoms with Gasteiger partial charge in [0.05, 0.1) is 39.8 Å². The summed E-state index contributed by atoms with van der Waals surface area (Å²) >= 11 is 3.59. The minimum atomic E-state index is -0.268. The molecule has 0 fully saturated rings. The Bertz CT molecular complexity index is 1780. The zero-order chi connectivity index (χ0) is 27.2. The molecule has 0 saturated carbocycles. The average molecular weight is 579 g/mol. The van der Waals surface area contributed by atoms with Crippen LogP contribution in [-0.4, -0.2) is 22.5 Å². The van der Waals surface area contributed by atoms with Gasteiger partial charge in [-0.3, -0.25) is 4.79 Å². The van der Waals surface area contributed by atoms with Gasteiger partial charge in [-0.05, 0) is 58.7 Å². The minimum absolute atomic E-state index is 0.203. The lowest BCUT2D eigenvalue weighted by molar-refractivity contribution is 0.267. The topological polar surface area (TPSA) is 89.5 Å². The summed E-state index contributed by atoms with van der Waals surface area (Å²) in [7, 11) is 0. The quantitative estimate of drug-likeness (QED) is 0.194. The van der Waals surface area contributed by atoms with Crippen LogP contribution < -0.4 is 15.0 Å². The van der Waals surface area contributed by atoms with Gasteiger partial charge in [0.2, 0.25) is 0 Å². The number of rotatable bonds is 8. The van der Waals surface area contributed by atoms with Crippen LogP contribution >= 0.6 is 15.9 Å². The maximum Gasteiger partial charge on any atom is 0.282 e. The molecule has 0 radical (unpaired) electrons. The van der Waals surface area contributed by atoms with E-state index in [1.165, 1.54) is 4.68 Å². The molecule has 0 N–H and O–H groups in total. The summed E-state index contributed by atoms with van der Waals surface area (Å²) in [6, 6.07) is 29.8. The lowest BCUT2D eigenvalue weighted by atomic mass is 10.1. The Labute approximate surface area is 233 Å². The van der Waals surface area contributed by atoms with Gasteiger partial charge in [0, 0.05) is 11.1 Å². The lowest BCUT2D eigenvalue weighted by Gasteiger charge is -2.15. The van der Waals surface area contributed by atoms with Crippen molar-refractivity contribution in [3.05, 3.63) is 123 Å². The molecule has 0 atom stereocenters. The van der Waals surface area contributed by atoms with Crippen molar-refractivity contribution in [2.45, 2.75) is 13.5 Å². The van der Waals surface area contributed by atoms with Gasteiger partial charge in [-0.2, -0.15) is 15.0 Å². The van der Waals surface area contributed by atoms with Crippen molar-refractivity contribution in [3.63, 3.8) is 0 Å². The first-order valence-corrected chi connectivity index (χ1v) is 13.1. The zero-order valence-electron chi connectivity index (χ0n) is 21.0. The zero-order valence-corrected chi connectivity index (χ0v) is 22.6. The third-order valence-electron chi connectivity index (χ3n) is 5.95. The monoisotopic (exact) mass is 578 g/mol. The summed E-state index contributed by atoms with van der Waals surface area (Å²) in [5.41, 5.74) is 3.13. The molecule has 39 heavy (non-hydrogen) atoms. The summed E-state index contributed by atoms with van der Waals surface area (Å²) in [5, 5.41) is 14.4. The normalized spacial score (nSPS) is 11.0. The van der Waals surface area contributed by atoms with E-state index in [0.29, 0.717) is 50.4 Å². The van der Waals surface area contributed by atoms with Crippen molar-refractivity contribution >= 4 is 33.0 Å². The van der Waals surface area contributed by atoms with Gasteiger partial charge in [0.1, 0.15) is 6.61 Å². The summed E-state index contributed by atoms with van der Waals surface area (Å²) in [6.45, 7) is 2.51. The molecule has 192 valence electrons. The first-order chi connectivity index (χ1) is 19.1. The third kappa shape index (κ3) is 5.59. The molecule has 0 saturated heterocycles. The van der Waals surface area contributed by atoms with E-state index in [4.69, 9.17) is 14.5 Å². The number of hydrogen-bond acceptors (Lipinski definition) is 6. The fraction of sp³-hybridized carbons (Fsp3) is 0.0968. The fourth-order valence-electron chi connectivity index (χ4n) is 4.10. The van der Waals surface area contributed by atoms with Crippen molar-refractivity contribution < 1.29 is 9.47 Å². The molecule has 0 amide bonds. The summed E-state index contributed by atoms with van der Waals surface area (Å²) < 4.78 is 13.9. The highest BCUT2D eigenvalue weighted by atomic mass is 79.9. The average Bonchev–Trinajstić information content (AvgIpc) is 2.97. The lowest BCUT2D eigenvalue weighted by Crippen LogP contribution is -2.20. The second-order valence-electron chi connectivity index (χ2n) is 8.50. The van der Waals surface area contributed by atoms with Crippen LogP contribution in [0.4, 0.5) is 0 Å². The van der Waals surface area contributed by atoms with Crippen molar-refractivity contribution in [2.24, 2.45) is 5.10 Å². The van der Waals surface area contributed by atoms with Gasteiger partial charge in [-0.25, -0.2) is 4.98 Å². The highest BCUT2D eigenvalue weighted by Crippen LogP contribution is 2.37.